The molecule has 1 aromatic carbocycles. The lowest BCUT2D eigenvalue weighted by atomic mass is 9.97. The molecule has 0 saturated heterocycles. The number of aromatic amines is 1. The van der Waals surface area contributed by atoms with Crippen LogP contribution in [0.15, 0.2) is 43.0 Å². The number of benzene rings is 1. The molecule has 5 nitrogen and oxygen atoms in total. The van der Waals surface area contributed by atoms with E-state index in [0.29, 0.717) is 0 Å². The number of nitrogens with zero attached hydrogens (tertiary/aromatic N) is 3. The Kier molecular flexibility index (Phi) is 3.27. The molecule has 5 heteroatoms. The Morgan fingerprint density at radius 1 is 1.32 bits per heavy atom. The van der Waals surface area contributed by atoms with Crippen LogP contribution < -0.4 is 0 Å². The second-order valence-electron chi connectivity index (χ2n) is 5.59. The zero-order chi connectivity index (χ0) is 14.9. The summed E-state index contributed by atoms with van der Waals surface area (Å²) >= 11 is 0. The SMILES string of the molecule is Cc1[nH]cnc1-c1nccn1C[C@@H]1OCCc2ccccc21. The second-order valence-corrected chi connectivity index (χ2v) is 5.59. The number of aromatic nitrogens is 4. The van der Waals surface area contributed by atoms with E-state index in [1.807, 2.05) is 19.3 Å². The first-order valence-corrected chi connectivity index (χ1v) is 7.54. The molecule has 4 rings (SSSR count). The smallest absolute Gasteiger partial charge is 0.160 e. The van der Waals surface area contributed by atoms with Crippen molar-refractivity contribution in [2.75, 3.05) is 6.61 Å². The molecule has 112 valence electrons. The lowest BCUT2D eigenvalue weighted by Crippen LogP contribution is -2.20. The quantitative estimate of drug-likeness (QED) is 0.808. The van der Waals surface area contributed by atoms with Gasteiger partial charge in [-0.15, -0.1) is 0 Å². The van der Waals surface area contributed by atoms with Crippen LogP contribution in [0.5, 0.6) is 0 Å². The summed E-state index contributed by atoms with van der Waals surface area (Å²) in [5.41, 5.74) is 4.59. The average molecular weight is 294 g/mol. The highest BCUT2D eigenvalue weighted by Gasteiger charge is 2.22. The minimum absolute atomic E-state index is 0.0668. The lowest BCUT2D eigenvalue weighted by Gasteiger charge is -2.26. The highest BCUT2D eigenvalue weighted by Crippen LogP contribution is 2.29. The Bertz CT molecular complexity index is 789. The van der Waals surface area contributed by atoms with E-state index < -0.39 is 0 Å². The van der Waals surface area contributed by atoms with Gasteiger partial charge in [-0.2, -0.15) is 0 Å². The van der Waals surface area contributed by atoms with Crippen LogP contribution in [0.2, 0.25) is 0 Å². The number of ether oxygens (including phenoxy) is 1. The van der Waals surface area contributed by atoms with Crippen molar-refractivity contribution in [2.45, 2.75) is 26.0 Å². The van der Waals surface area contributed by atoms with Crippen LogP contribution in [-0.2, 0) is 17.7 Å². The van der Waals surface area contributed by atoms with Gasteiger partial charge in [0.25, 0.3) is 0 Å². The zero-order valence-electron chi connectivity index (χ0n) is 12.5. The van der Waals surface area contributed by atoms with Crippen LogP contribution in [0.3, 0.4) is 0 Å². The van der Waals surface area contributed by atoms with Gasteiger partial charge in [-0.05, 0) is 24.5 Å². The molecule has 22 heavy (non-hydrogen) atoms. The molecule has 0 spiro atoms. The van der Waals surface area contributed by atoms with E-state index in [1.54, 1.807) is 6.33 Å². The summed E-state index contributed by atoms with van der Waals surface area (Å²) < 4.78 is 8.12. The summed E-state index contributed by atoms with van der Waals surface area (Å²) in [6.07, 6.45) is 6.57. The summed E-state index contributed by atoms with van der Waals surface area (Å²) in [7, 11) is 0. The van der Waals surface area contributed by atoms with Gasteiger partial charge >= 0.3 is 0 Å². The van der Waals surface area contributed by atoms with Crippen LogP contribution in [0.4, 0.5) is 0 Å². The fourth-order valence-electron chi connectivity index (χ4n) is 3.06. The average Bonchev–Trinajstić information content (AvgIpc) is 3.16. The van der Waals surface area contributed by atoms with Crippen molar-refractivity contribution in [3.8, 4) is 11.5 Å². The molecule has 0 bridgehead atoms. The van der Waals surface area contributed by atoms with E-state index in [0.717, 1.165) is 36.8 Å². The Morgan fingerprint density at radius 3 is 3.09 bits per heavy atom. The number of nitrogens with one attached hydrogen (secondary N) is 1. The highest BCUT2D eigenvalue weighted by atomic mass is 16.5. The monoisotopic (exact) mass is 294 g/mol. The Balaban J connectivity index is 1.66. The van der Waals surface area contributed by atoms with Gasteiger partial charge in [-0.25, -0.2) is 9.97 Å². The molecule has 0 fully saturated rings. The van der Waals surface area contributed by atoms with Crippen LogP contribution in [0.1, 0.15) is 22.9 Å². The maximum Gasteiger partial charge on any atom is 0.160 e. The fraction of sp³-hybridized carbons (Fsp3) is 0.294. The van der Waals surface area contributed by atoms with Gasteiger partial charge in [0, 0.05) is 18.1 Å². The Hall–Kier alpha value is -2.40. The topological polar surface area (TPSA) is 55.7 Å². The number of hydrogen-bond acceptors (Lipinski definition) is 3. The van der Waals surface area contributed by atoms with E-state index in [9.17, 15) is 0 Å². The Labute approximate surface area is 129 Å². The third kappa shape index (κ3) is 2.23. The van der Waals surface area contributed by atoms with Gasteiger partial charge in [-0.3, -0.25) is 0 Å². The van der Waals surface area contributed by atoms with Crippen molar-refractivity contribution in [1.82, 2.24) is 19.5 Å². The summed E-state index contributed by atoms with van der Waals surface area (Å²) in [4.78, 5) is 12.0. The first kappa shape index (κ1) is 13.3. The third-order valence-electron chi connectivity index (χ3n) is 4.21. The normalized spacial score (nSPS) is 17.4. The van der Waals surface area contributed by atoms with E-state index in [-0.39, 0.29) is 6.10 Å². The predicted octanol–water partition coefficient (Wildman–Crippen LogP) is 2.90. The number of rotatable bonds is 3. The number of H-pyrrole nitrogens is 1. The maximum atomic E-state index is 6.00. The van der Waals surface area contributed by atoms with Gasteiger partial charge < -0.3 is 14.3 Å². The van der Waals surface area contributed by atoms with E-state index in [1.165, 1.54) is 11.1 Å². The summed E-state index contributed by atoms with van der Waals surface area (Å²) in [6.45, 7) is 3.53. The van der Waals surface area contributed by atoms with Crippen molar-refractivity contribution >= 4 is 0 Å². The van der Waals surface area contributed by atoms with E-state index >= 15 is 0 Å². The zero-order valence-corrected chi connectivity index (χ0v) is 12.5. The number of hydrogen-bond donors (Lipinski definition) is 1. The molecular formula is C17H18N4O. The van der Waals surface area contributed by atoms with Crippen LogP contribution in [-0.4, -0.2) is 26.1 Å². The first-order valence-electron chi connectivity index (χ1n) is 7.54. The molecular weight excluding hydrogens is 276 g/mol. The lowest BCUT2D eigenvalue weighted by molar-refractivity contribution is 0.0309. The van der Waals surface area contributed by atoms with Crippen LogP contribution in [0, 0.1) is 6.92 Å². The molecule has 1 aliphatic heterocycles. The summed E-state index contributed by atoms with van der Waals surface area (Å²) in [5.74, 6) is 0.880. The van der Waals surface area contributed by atoms with Crippen LogP contribution >= 0.6 is 0 Å². The van der Waals surface area contributed by atoms with Gasteiger partial charge in [-0.1, -0.05) is 24.3 Å². The van der Waals surface area contributed by atoms with E-state index in [2.05, 4.69) is 43.8 Å². The standard InChI is InChI=1S/C17H18N4O/c1-12-16(20-11-19-12)17-18-7-8-21(17)10-15-14-5-3-2-4-13(14)6-9-22-15/h2-5,7-8,11,15H,6,9-10H2,1H3,(H,19,20)/t15-/m0/s1. The number of fused-ring (bicyclic) bond motifs is 1. The van der Waals surface area contributed by atoms with Gasteiger partial charge in [0.05, 0.1) is 19.5 Å². The minimum Gasteiger partial charge on any atom is -0.371 e. The van der Waals surface area contributed by atoms with Crippen molar-refractivity contribution in [3.05, 3.63) is 59.8 Å². The first-order chi connectivity index (χ1) is 10.8. The van der Waals surface area contributed by atoms with Gasteiger partial charge in [0.1, 0.15) is 11.8 Å². The molecule has 0 radical (unpaired) electrons. The van der Waals surface area contributed by atoms with Crippen molar-refractivity contribution in [2.24, 2.45) is 0 Å². The molecule has 0 unspecified atom stereocenters. The van der Waals surface area contributed by atoms with E-state index in [4.69, 9.17) is 4.74 Å². The van der Waals surface area contributed by atoms with Crippen LogP contribution in [0.25, 0.3) is 11.5 Å². The molecule has 2 aromatic heterocycles. The maximum absolute atomic E-state index is 6.00. The molecule has 1 N–H and O–H groups in total. The molecule has 0 aliphatic carbocycles. The fourth-order valence-corrected chi connectivity index (χ4v) is 3.06. The van der Waals surface area contributed by atoms with Crippen molar-refractivity contribution < 1.29 is 4.74 Å². The molecule has 3 aromatic rings. The molecule has 1 aliphatic rings. The Morgan fingerprint density at radius 2 is 2.23 bits per heavy atom. The van der Waals surface area contributed by atoms with Crippen molar-refractivity contribution in [1.29, 1.82) is 0 Å². The summed E-state index contributed by atoms with van der Waals surface area (Å²) in [6, 6.07) is 8.53. The summed E-state index contributed by atoms with van der Waals surface area (Å²) in [5, 5.41) is 0. The predicted molar refractivity (Wildman–Crippen MR) is 83.4 cm³/mol. The minimum atomic E-state index is 0.0668. The number of imidazole rings is 2. The number of aryl methyl sites for hydroxylation is 1. The molecule has 3 heterocycles. The second kappa shape index (κ2) is 5.42. The molecule has 0 amide bonds. The van der Waals surface area contributed by atoms with Gasteiger partial charge in [0.15, 0.2) is 5.82 Å². The molecule has 0 saturated carbocycles. The van der Waals surface area contributed by atoms with Gasteiger partial charge in [0.2, 0.25) is 0 Å². The van der Waals surface area contributed by atoms with Crippen molar-refractivity contribution in [3.63, 3.8) is 0 Å². The highest BCUT2D eigenvalue weighted by molar-refractivity contribution is 5.52. The molecule has 1 atom stereocenters. The largest absolute Gasteiger partial charge is 0.371 e. The third-order valence-corrected chi connectivity index (χ3v) is 4.21.